The standard InChI is InChI=1S/C15H21Cl2N3O/c1-15(2,3)20-6-4-19(5-7-20)14(21)10-8-11(16)13(18)12(17)9-10/h8-9H,4-7,18H2,1-3H3. The number of rotatable bonds is 1. The Kier molecular flexibility index (Phi) is 4.71. The largest absolute Gasteiger partial charge is 0.396 e. The topological polar surface area (TPSA) is 49.6 Å². The van der Waals surface area contributed by atoms with Crippen molar-refractivity contribution in [2.24, 2.45) is 0 Å². The summed E-state index contributed by atoms with van der Waals surface area (Å²) in [6.45, 7) is 9.70. The smallest absolute Gasteiger partial charge is 0.254 e. The van der Waals surface area contributed by atoms with Gasteiger partial charge in [0.25, 0.3) is 5.91 Å². The van der Waals surface area contributed by atoms with Crippen molar-refractivity contribution in [3.63, 3.8) is 0 Å². The van der Waals surface area contributed by atoms with Crippen LogP contribution in [0.2, 0.25) is 10.0 Å². The first kappa shape index (κ1) is 16.4. The highest BCUT2D eigenvalue weighted by Crippen LogP contribution is 2.29. The molecule has 0 saturated carbocycles. The van der Waals surface area contributed by atoms with Gasteiger partial charge in [-0.15, -0.1) is 0 Å². The van der Waals surface area contributed by atoms with Crippen molar-refractivity contribution >= 4 is 34.8 Å². The molecule has 6 heteroatoms. The molecule has 1 aliphatic rings. The second-order valence-corrected chi connectivity index (χ2v) is 7.12. The first-order chi connectivity index (χ1) is 9.70. The second-order valence-electron chi connectivity index (χ2n) is 6.30. The number of nitrogen functional groups attached to an aromatic ring is 1. The number of carbonyl (C=O) groups is 1. The summed E-state index contributed by atoms with van der Waals surface area (Å²) in [5.41, 5.74) is 6.63. The van der Waals surface area contributed by atoms with Crippen molar-refractivity contribution in [3.05, 3.63) is 27.7 Å². The number of carbonyl (C=O) groups excluding carboxylic acids is 1. The zero-order valence-electron chi connectivity index (χ0n) is 12.6. The van der Waals surface area contributed by atoms with Gasteiger partial charge in [0, 0.05) is 37.3 Å². The van der Waals surface area contributed by atoms with E-state index in [1.54, 1.807) is 12.1 Å². The number of hydrogen-bond acceptors (Lipinski definition) is 3. The van der Waals surface area contributed by atoms with Crippen LogP contribution in [0.15, 0.2) is 12.1 Å². The van der Waals surface area contributed by atoms with Crippen molar-refractivity contribution in [2.45, 2.75) is 26.3 Å². The molecule has 0 radical (unpaired) electrons. The molecule has 0 atom stereocenters. The quantitative estimate of drug-likeness (QED) is 0.805. The monoisotopic (exact) mass is 329 g/mol. The highest BCUT2D eigenvalue weighted by atomic mass is 35.5. The van der Waals surface area contributed by atoms with Gasteiger partial charge in [0.05, 0.1) is 15.7 Å². The first-order valence-corrected chi connectivity index (χ1v) is 7.74. The van der Waals surface area contributed by atoms with Gasteiger partial charge < -0.3 is 10.6 Å². The predicted octanol–water partition coefficient (Wildman–Crippen LogP) is 3.13. The minimum absolute atomic E-state index is 0.0487. The Hall–Kier alpha value is -0.970. The van der Waals surface area contributed by atoms with E-state index in [1.165, 1.54) is 0 Å². The van der Waals surface area contributed by atoms with Crippen LogP contribution in [0.4, 0.5) is 5.69 Å². The lowest BCUT2D eigenvalue weighted by Gasteiger charge is -2.42. The van der Waals surface area contributed by atoms with Gasteiger partial charge in [-0.1, -0.05) is 23.2 Å². The van der Waals surface area contributed by atoms with Gasteiger partial charge in [0.2, 0.25) is 0 Å². The zero-order chi connectivity index (χ0) is 15.8. The molecule has 1 amide bonds. The molecule has 1 fully saturated rings. The number of amides is 1. The third kappa shape index (κ3) is 3.62. The fourth-order valence-electron chi connectivity index (χ4n) is 2.47. The molecule has 21 heavy (non-hydrogen) atoms. The number of halogens is 2. The van der Waals surface area contributed by atoms with Crippen LogP contribution in [0.5, 0.6) is 0 Å². The highest BCUT2D eigenvalue weighted by Gasteiger charge is 2.28. The van der Waals surface area contributed by atoms with Crippen LogP contribution in [0, 0.1) is 0 Å². The average molecular weight is 330 g/mol. The third-order valence-electron chi connectivity index (χ3n) is 3.84. The number of nitrogens with zero attached hydrogens (tertiary/aromatic N) is 2. The molecule has 1 aliphatic heterocycles. The summed E-state index contributed by atoms with van der Waals surface area (Å²) in [5.74, 6) is -0.0487. The molecular weight excluding hydrogens is 309 g/mol. The Morgan fingerprint density at radius 2 is 1.57 bits per heavy atom. The van der Waals surface area contributed by atoms with Crippen molar-refractivity contribution in [2.75, 3.05) is 31.9 Å². The molecule has 1 aromatic carbocycles. The van der Waals surface area contributed by atoms with E-state index < -0.39 is 0 Å². The SMILES string of the molecule is CC(C)(C)N1CCN(C(=O)c2cc(Cl)c(N)c(Cl)c2)CC1. The molecule has 0 unspecified atom stereocenters. The molecule has 116 valence electrons. The summed E-state index contributed by atoms with van der Waals surface area (Å²) < 4.78 is 0. The second kappa shape index (κ2) is 6.03. The zero-order valence-corrected chi connectivity index (χ0v) is 14.1. The Labute approximate surface area is 135 Å². The van der Waals surface area contributed by atoms with Gasteiger partial charge >= 0.3 is 0 Å². The van der Waals surface area contributed by atoms with E-state index in [1.807, 2.05) is 4.90 Å². The van der Waals surface area contributed by atoms with E-state index in [-0.39, 0.29) is 11.4 Å². The third-order valence-corrected chi connectivity index (χ3v) is 4.47. The highest BCUT2D eigenvalue weighted by molar-refractivity contribution is 6.39. The van der Waals surface area contributed by atoms with Gasteiger partial charge in [-0.25, -0.2) is 0 Å². The van der Waals surface area contributed by atoms with Crippen LogP contribution in [-0.4, -0.2) is 47.4 Å². The summed E-state index contributed by atoms with van der Waals surface area (Å²) in [7, 11) is 0. The Balaban J connectivity index is 2.09. The lowest BCUT2D eigenvalue weighted by Crippen LogP contribution is -2.54. The van der Waals surface area contributed by atoms with Gasteiger partial charge in [-0.2, -0.15) is 0 Å². The molecule has 4 nitrogen and oxygen atoms in total. The van der Waals surface area contributed by atoms with Gasteiger partial charge in [-0.3, -0.25) is 9.69 Å². The summed E-state index contributed by atoms with van der Waals surface area (Å²) in [5, 5.41) is 0.637. The molecule has 0 aromatic heterocycles. The van der Waals surface area contributed by atoms with Crippen molar-refractivity contribution in [1.29, 1.82) is 0 Å². The van der Waals surface area contributed by atoms with Crippen LogP contribution >= 0.6 is 23.2 Å². The maximum atomic E-state index is 12.5. The molecular formula is C15H21Cl2N3O. The normalized spacial score (nSPS) is 17.1. The molecule has 1 aromatic rings. The Morgan fingerprint density at radius 1 is 1.10 bits per heavy atom. The average Bonchev–Trinajstić information content (AvgIpc) is 2.42. The number of hydrogen-bond donors (Lipinski definition) is 1. The molecule has 0 aliphatic carbocycles. The van der Waals surface area contributed by atoms with Crippen LogP contribution in [0.1, 0.15) is 31.1 Å². The molecule has 1 saturated heterocycles. The molecule has 0 spiro atoms. The minimum Gasteiger partial charge on any atom is -0.396 e. The summed E-state index contributed by atoms with van der Waals surface area (Å²) in [6, 6.07) is 3.17. The Morgan fingerprint density at radius 3 is 2.00 bits per heavy atom. The van der Waals surface area contributed by atoms with Crippen LogP contribution < -0.4 is 5.73 Å². The summed E-state index contributed by atoms with van der Waals surface area (Å²) in [4.78, 5) is 16.7. The van der Waals surface area contributed by atoms with E-state index in [2.05, 4.69) is 25.7 Å². The van der Waals surface area contributed by atoms with Crippen LogP contribution in [-0.2, 0) is 0 Å². The van der Waals surface area contributed by atoms with Crippen LogP contribution in [0.3, 0.4) is 0 Å². The fraction of sp³-hybridized carbons (Fsp3) is 0.533. The molecule has 2 N–H and O–H groups in total. The van der Waals surface area contributed by atoms with Crippen molar-refractivity contribution < 1.29 is 4.79 Å². The van der Waals surface area contributed by atoms with Gasteiger partial charge in [0.15, 0.2) is 0 Å². The fourth-order valence-corrected chi connectivity index (χ4v) is 2.96. The van der Waals surface area contributed by atoms with Crippen LogP contribution in [0.25, 0.3) is 0 Å². The molecule has 2 rings (SSSR count). The minimum atomic E-state index is -0.0487. The summed E-state index contributed by atoms with van der Waals surface area (Å²) >= 11 is 12.0. The molecule has 0 bridgehead atoms. The maximum absolute atomic E-state index is 12.5. The number of nitrogens with two attached hydrogens (primary N) is 1. The van der Waals surface area contributed by atoms with E-state index in [9.17, 15) is 4.79 Å². The number of benzene rings is 1. The van der Waals surface area contributed by atoms with Crippen molar-refractivity contribution in [3.8, 4) is 0 Å². The van der Waals surface area contributed by atoms with E-state index in [4.69, 9.17) is 28.9 Å². The van der Waals surface area contributed by atoms with Gasteiger partial charge in [-0.05, 0) is 32.9 Å². The number of piperazine rings is 1. The summed E-state index contributed by atoms with van der Waals surface area (Å²) in [6.07, 6.45) is 0. The predicted molar refractivity (Wildman–Crippen MR) is 88.1 cm³/mol. The molecule has 1 heterocycles. The first-order valence-electron chi connectivity index (χ1n) is 6.99. The Bertz CT molecular complexity index is 523. The van der Waals surface area contributed by atoms with Crippen molar-refractivity contribution in [1.82, 2.24) is 9.80 Å². The van der Waals surface area contributed by atoms with E-state index in [0.717, 1.165) is 13.1 Å². The van der Waals surface area contributed by atoms with Gasteiger partial charge in [0.1, 0.15) is 0 Å². The lowest BCUT2D eigenvalue weighted by atomic mass is 10.0. The van der Waals surface area contributed by atoms with E-state index >= 15 is 0 Å². The maximum Gasteiger partial charge on any atom is 0.254 e. The lowest BCUT2D eigenvalue weighted by molar-refractivity contribution is 0.0451. The number of anilines is 1. The van der Waals surface area contributed by atoms with E-state index in [0.29, 0.717) is 34.4 Å².